The van der Waals surface area contributed by atoms with E-state index in [4.69, 9.17) is 9.47 Å². The highest BCUT2D eigenvalue weighted by atomic mass is 32.2. The molecule has 0 bridgehead atoms. The lowest BCUT2D eigenvalue weighted by atomic mass is 10.1. The van der Waals surface area contributed by atoms with Gasteiger partial charge < -0.3 is 14.8 Å². The summed E-state index contributed by atoms with van der Waals surface area (Å²) < 4.78 is 11.2. The van der Waals surface area contributed by atoms with Gasteiger partial charge in [-0.25, -0.2) is 0 Å². The Labute approximate surface area is 143 Å². The van der Waals surface area contributed by atoms with Gasteiger partial charge in [-0.05, 0) is 32.0 Å². The van der Waals surface area contributed by atoms with Crippen molar-refractivity contribution in [3.63, 3.8) is 0 Å². The predicted octanol–water partition coefficient (Wildman–Crippen LogP) is 3.35. The van der Waals surface area contributed by atoms with Crippen LogP contribution in [0.25, 0.3) is 0 Å². The Morgan fingerprint density at radius 1 is 1.30 bits per heavy atom. The fourth-order valence-electron chi connectivity index (χ4n) is 1.91. The maximum absolute atomic E-state index is 12.6. The third-order valence-corrected chi connectivity index (χ3v) is 5.11. The molecule has 1 atom stereocenters. The summed E-state index contributed by atoms with van der Waals surface area (Å²) in [6, 6.07) is 5.17. The number of nitrogens with one attached hydrogen (secondary N) is 1. The molecule has 0 spiro atoms. The number of nitrogens with zero attached hydrogens (tertiary/aromatic N) is 2. The molecule has 8 heteroatoms. The number of methoxy groups -OCH3 is 2. The van der Waals surface area contributed by atoms with Crippen LogP contribution in [0.4, 0.5) is 5.13 Å². The number of carbonyl (C=O) groups is 1. The first-order valence-corrected chi connectivity index (χ1v) is 8.79. The van der Waals surface area contributed by atoms with Gasteiger partial charge in [0.15, 0.2) is 21.6 Å². The van der Waals surface area contributed by atoms with E-state index in [1.54, 1.807) is 32.4 Å². The minimum atomic E-state index is -0.268. The lowest BCUT2D eigenvalue weighted by Crippen LogP contribution is -2.13. The van der Waals surface area contributed by atoms with Crippen molar-refractivity contribution in [2.75, 3.05) is 26.1 Å². The average Bonchev–Trinajstić information content (AvgIpc) is 3.00. The molecular formula is C15H19N3O3S2. The molecule has 1 N–H and O–H groups in total. The highest BCUT2D eigenvalue weighted by Crippen LogP contribution is 2.32. The van der Waals surface area contributed by atoms with Crippen molar-refractivity contribution in [2.24, 2.45) is 0 Å². The number of ketones is 1. The second kappa shape index (κ2) is 8.16. The van der Waals surface area contributed by atoms with E-state index in [1.807, 2.05) is 13.8 Å². The lowest BCUT2D eigenvalue weighted by molar-refractivity contribution is 0.0993. The van der Waals surface area contributed by atoms with Gasteiger partial charge in [0.25, 0.3) is 0 Å². The third-order valence-electron chi connectivity index (χ3n) is 3.05. The van der Waals surface area contributed by atoms with Crippen LogP contribution in [0, 0.1) is 0 Å². The Hall–Kier alpha value is -1.80. The number of rotatable bonds is 8. The third kappa shape index (κ3) is 4.35. The van der Waals surface area contributed by atoms with E-state index < -0.39 is 0 Å². The summed E-state index contributed by atoms with van der Waals surface area (Å²) in [5.41, 5.74) is 0.582. The van der Waals surface area contributed by atoms with Crippen LogP contribution in [0.2, 0.25) is 0 Å². The van der Waals surface area contributed by atoms with Gasteiger partial charge >= 0.3 is 0 Å². The predicted molar refractivity (Wildman–Crippen MR) is 93.3 cm³/mol. The summed E-state index contributed by atoms with van der Waals surface area (Å²) in [5, 5.41) is 11.7. The first-order chi connectivity index (χ1) is 11.1. The first-order valence-electron chi connectivity index (χ1n) is 7.09. The van der Waals surface area contributed by atoms with E-state index in [0.717, 1.165) is 16.0 Å². The maximum atomic E-state index is 12.6. The van der Waals surface area contributed by atoms with E-state index in [-0.39, 0.29) is 11.0 Å². The van der Waals surface area contributed by atoms with Crippen molar-refractivity contribution < 1.29 is 14.3 Å². The first kappa shape index (κ1) is 17.6. The van der Waals surface area contributed by atoms with Crippen molar-refractivity contribution in [1.29, 1.82) is 0 Å². The molecule has 0 radical (unpaired) electrons. The molecule has 0 aliphatic rings. The Bertz CT molecular complexity index is 676. The van der Waals surface area contributed by atoms with Gasteiger partial charge in [0.05, 0.1) is 19.5 Å². The van der Waals surface area contributed by atoms with Gasteiger partial charge in [-0.3, -0.25) is 4.79 Å². The topological polar surface area (TPSA) is 73.3 Å². The maximum Gasteiger partial charge on any atom is 0.206 e. The minimum Gasteiger partial charge on any atom is -0.493 e. The normalized spacial score (nSPS) is 11.8. The molecule has 0 aliphatic carbocycles. The standard InChI is InChI=1S/C15H19N3O3S2/c1-5-16-14-17-18-15(23-14)22-9(2)13(19)10-6-7-11(20-3)12(8-10)21-4/h6-9H,5H2,1-4H3,(H,16,17)/t9-/m0/s1. The van der Waals surface area contributed by atoms with Crippen LogP contribution in [0.1, 0.15) is 24.2 Å². The number of anilines is 1. The monoisotopic (exact) mass is 353 g/mol. The van der Waals surface area contributed by atoms with Gasteiger partial charge in [0.2, 0.25) is 5.13 Å². The SMILES string of the molecule is CCNc1nnc(S[C@@H](C)C(=O)c2ccc(OC)c(OC)c2)s1. The summed E-state index contributed by atoms with van der Waals surface area (Å²) in [6.07, 6.45) is 0. The van der Waals surface area contributed by atoms with Gasteiger partial charge in [-0.2, -0.15) is 0 Å². The average molecular weight is 353 g/mol. The largest absolute Gasteiger partial charge is 0.493 e. The van der Waals surface area contributed by atoms with Crippen LogP contribution in [0.3, 0.4) is 0 Å². The van der Waals surface area contributed by atoms with E-state index in [2.05, 4.69) is 15.5 Å². The van der Waals surface area contributed by atoms with E-state index in [9.17, 15) is 4.79 Å². The highest BCUT2D eigenvalue weighted by molar-refractivity contribution is 8.02. The number of thioether (sulfide) groups is 1. The summed E-state index contributed by atoms with van der Waals surface area (Å²) in [6.45, 7) is 4.65. The molecule has 124 valence electrons. The van der Waals surface area contributed by atoms with E-state index >= 15 is 0 Å². The summed E-state index contributed by atoms with van der Waals surface area (Å²) >= 11 is 2.84. The Balaban J connectivity index is 2.09. The molecular weight excluding hydrogens is 334 g/mol. The van der Waals surface area contributed by atoms with Crippen LogP contribution in [-0.2, 0) is 0 Å². The number of hydrogen-bond acceptors (Lipinski definition) is 8. The van der Waals surface area contributed by atoms with E-state index in [1.165, 1.54) is 23.1 Å². The molecule has 0 saturated carbocycles. The van der Waals surface area contributed by atoms with Crippen LogP contribution in [0.15, 0.2) is 22.5 Å². The molecule has 6 nitrogen and oxygen atoms in total. The van der Waals surface area contributed by atoms with Gasteiger partial charge in [-0.15, -0.1) is 10.2 Å². The highest BCUT2D eigenvalue weighted by Gasteiger charge is 2.20. The fraction of sp³-hybridized carbons (Fsp3) is 0.400. The second-order valence-electron chi connectivity index (χ2n) is 4.60. The number of carbonyl (C=O) groups excluding carboxylic acids is 1. The van der Waals surface area contributed by atoms with Crippen molar-refractivity contribution in [2.45, 2.75) is 23.4 Å². The lowest BCUT2D eigenvalue weighted by Gasteiger charge is -2.11. The van der Waals surface area contributed by atoms with Crippen molar-refractivity contribution in [1.82, 2.24) is 10.2 Å². The molecule has 0 aliphatic heterocycles. The summed E-state index contributed by atoms with van der Waals surface area (Å²) in [7, 11) is 3.11. The molecule has 1 aromatic heterocycles. The van der Waals surface area contributed by atoms with Crippen LogP contribution in [0.5, 0.6) is 11.5 Å². The zero-order chi connectivity index (χ0) is 16.8. The Kier molecular flexibility index (Phi) is 6.23. The zero-order valence-electron chi connectivity index (χ0n) is 13.5. The molecule has 1 heterocycles. The Morgan fingerprint density at radius 3 is 2.70 bits per heavy atom. The molecule has 0 fully saturated rings. The van der Waals surface area contributed by atoms with Crippen LogP contribution < -0.4 is 14.8 Å². The summed E-state index contributed by atoms with van der Waals surface area (Å²) in [4.78, 5) is 12.6. The van der Waals surface area contributed by atoms with Crippen molar-refractivity contribution >= 4 is 34.0 Å². The number of benzene rings is 1. The minimum absolute atomic E-state index is 0.0103. The molecule has 0 unspecified atom stereocenters. The van der Waals surface area contributed by atoms with Crippen LogP contribution >= 0.6 is 23.1 Å². The number of aromatic nitrogens is 2. The molecule has 2 aromatic rings. The van der Waals surface area contributed by atoms with Crippen molar-refractivity contribution in [3.8, 4) is 11.5 Å². The van der Waals surface area contributed by atoms with Gasteiger partial charge in [0.1, 0.15) is 0 Å². The molecule has 0 saturated heterocycles. The number of ether oxygens (including phenoxy) is 2. The number of Topliss-reactive ketones (excluding diaryl/α,β-unsaturated/α-hetero) is 1. The van der Waals surface area contributed by atoms with Crippen molar-refractivity contribution in [3.05, 3.63) is 23.8 Å². The smallest absolute Gasteiger partial charge is 0.206 e. The van der Waals surface area contributed by atoms with Crippen LogP contribution in [-0.4, -0.2) is 42.0 Å². The van der Waals surface area contributed by atoms with Gasteiger partial charge in [-0.1, -0.05) is 23.1 Å². The molecule has 0 amide bonds. The zero-order valence-corrected chi connectivity index (χ0v) is 15.1. The Morgan fingerprint density at radius 2 is 2.04 bits per heavy atom. The molecule has 1 aromatic carbocycles. The quantitative estimate of drug-likeness (QED) is 0.576. The second-order valence-corrected chi connectivity index (χ2v) is 7.16. The molecule has 2 rings (SSSR count). The fourth-order valence-corrected chi connectivity index (χ4v) is 3.95. The van der Waals surface area contributed by atoms with E-state index in [0.29, 0.717) is 17.1 Å². The molecule has 23 heavy (non-hydrogen) atoms. The van der Waals surface area contributed by atoms with Gasteiger partial charge in [0, 0.05) is 12.1 Å². The summed E-state index contributed by atoms with van der Waals surface area (Å²) in [5.74, 6) is 1.15. The number of hydrogen-bond donors (Lipinski definition) is 1.